The summed E-state index contributed by atoms with van der Waals surface area (Å²) in [5.41, 5.74) is -4.84. The fourth-order valence-electron chi connectivity index (χ4n) is 1.33. The SMILES string of the molecule is C#CC(CC)Nc1ccc(S(=O)(=O)C(F)(F)F)cc1. The Labute approximate surface area is 109 Å². The van der Waals surface area contributed by atoms with Crippen LogP contribution in [0.5, 0.6) is 0 Å². The Morgan fingerprint density at radius 3 is 2.21 bits per heavy atom. The van der Waals surface area contributed by atoms with Crippen LogP contribution in [0.2, 0.25) is 0 Å². The number of alkyl halides is 3. The van der Waals surface area contributed by atoms with E-state index >= 15 is 0 Å². The summed E-state index contributed by atoms with van der Waals surface area (Å²) < 4.78 is 59.2. The third-order valence-corrected chi connectivity index (χ3v) is 3.92. The summed E-state index contributed by atoms with van der Waals surface area (Å²) in [6, 6.07) is 4.03. The first kappa shape index (κ1) is 15.4. The summed E-state index contributed by atoms with van der Waals surface area (Å²) in [4.78, 5) is -0.792. The third kappa shape index (κ3) is 3.41. The first-order chi connectivity index (χ1) is 8.72. The van der Waals surface area contributed by atoms with Crippen molar-refractivity contribution in [1.82, 2.24) is 0 Å². The van der Waals surface area contributed by atoms with Crippen LogP contribution in [-0.4, -0.2) is 20.0 Å². The van der Waals surface area contributed by atoms with E-state index in [-0.39, 0.29) is 6.04 Å². The lowest BCUT2D eigenvalue weighted by Gasteiger charge is -2.13. The van der Waals surface area contributed by atoms with Gasteiger partial charge in [-0.3, -0.25) is 0 Å². The quantitative estimate of drug-likeness (QED) is 0.868. The summed E-state index contributed by atoms with van der Waals surface area (Å²) >= 11 is 0. The molecule has 0 amide bonds. The fraction of sp³-hybridized carbons (Fsp3) is 0.333. The number of rotatable bonds is 4. The van der Waals surface area contributed by atoms with Gasteiger partial charge in [0.2, 0.25) is 0 Å². The maximum Gasteiger partial charge on any atom is 0.501 e. The molecule has 0 bridgehead atoms. The zero-order valence-electron chi connectivity index (χ0n) is 10.0. The molecule has 1 aromatic carbocycles. The highest BCUT2D eigenvalue weighted by molar-refractivity contribution is 7.92. The van der Waals surface area contributed by atoms with Gasteiger partial charge in [0.05, 0.1) is 10.9 Å². The van der Waals surface area contributed by atoms with Gasteiger partial charge in [0.15, 0.2) is 0 Å². The van der Waals surface area contributed by atoms with Crippen molar-refractivity contribution in [3.8, 4) is 12.3 Å². The number of sulfone groups is 1. The van der Waals surface area contributed by atoms with Crippen LogP contribution in [0.1, 0.15) is 13.3 Å². The average molecular weight is 291 g/mol. The van der Waals surface area contributed by atoms with Crippen LogP contribution in [0.3, 0.4) is 0 Å². The molecule has 0 heterocycles. The second-order valence-electron chi connectivity index (χ2n) is 3.75. The van der Waals surface area contributed by atoms with Gasteiger partial charge in [0, 0.05) is 5.69 Å². The van der Waals surface area contributed by atoms with E-state index in [0.717, 1.165) is 12.1 Å². The lowest BCUT2D eigenvalue weighted by Crippen LogP contribution is -2.23. The number of halogens is 3. The topological polar surface area (TPSA) is 46.2 Å². The van der Waals surface area contributed by atoms with Gasteiger partial charge in [-0.15, -0.1) is 6.42 Å². The van der Waals surface area contributed by atoms with E-state index in [1.807, 2.05) is 6.92 Å². The smallest absolute Gasteiger partial charge is 0.372 e. The van der Waals surface area contributed by atoms with Gasteiger partial charge < -0.3 is 5.32 Å². The van der Waals surface area contributed by atoms with Gasteiger partial charge in [0.1, 0.15) is 0 Å². The Morgan fingerprint density at radius 2 is 1.84 bits per heavy atom. The second-order valence-corrected chi connectivity index (χ2v) is 5.69. The molecule has 1 N–H and O–H groups in total. The average Bonchev–Trinajstić information content (AvgIpc) is 2.35. The first-order valence-electron chi connectivity index (χ1n) is 5.36. The molecule has 0 saturated carbocycles. The van der Waals surface area contributed by atoms with Gasteiger partial charge in [-0.1, -0.05) is 12.8 Å². The molecular weight excluding hydrogens is 279 g/mol. The standard InChI is InChI=1S/C12H12F3NO2S/c1-3-9(4-2)16-10-5-7-11(8-6-10)19(17,18)12(13,14)15/h1,5-9,16H,4H2,2H3. The van der Waals surface area contributed by atoms with Gasteiger partial charge in [-0.2, -0.15) is 13.2 Å². The van der Waals surface area contributed by atoms with E-state index in [1.165, 1.54) is 12.1 Å². The number of terminal acetylenes is 1. The van der Waals surface area contributed by atoms with Gasteiger partial charge in [0.25, 0.3) is 9.84 Å². The molecule has 1 rings (SSSR count). The van der Waals surface area contributed by atoms with Crippen molar-refractivity contribution in [2.45, 2.75) is 29.8 Å². The minimum Gasteiger partial charge on any atom is -0.372 e. The molecule has 19 heavy (non-hydrogen) atoms. The number of hydrogen-bond donors (Lipinski definition) is 1. The molecule has 0 aliphatic heterocycles. The summed E-state index contributed by atoms with van der Waals surface area (Å²) in [7, 11) is -5.30. The van der Waals surface area contributed by atoms with Crippen LogP contribution in [-0.2, 0) is 9.84 Å². The Hall–Kier alpha value is -1.68. The van der Waals surface area contributed by atoms with Gasteiger partial charge in [-0.05, 0) is 30.7 Å². The minimum atomic E-state index is -5.30. The number of anilines is 1. The van der Waals surface area contributed by atoms with Crippen molar-refractivity contribution in [3.63, 3.8) is 0 Å². The molecule has 0 aliphatic rings. The van der Waals surface area contributed by atoms with Crippen LogP contribution >= 0.6 is 0 Å². The first-order valence-corrected chi connectivity index (χ1v) is 6.84. The maximum absolute atomic E-state index is 12.3. The van der Waals surface area contributed by atoms with Crippen molar-refractivity contribution in [1.29, 1.82) is 0 Å². The zero-order valence-corrected chi connectivity index (χ0v) is 10.8. The van der Waals surface area contributed by atoms with Crippen molar-refractivity contribution >= 4 is 15.5 Å². The molecule has 1 unspecified atom stereocenters. The van der Waals surface area contributed by atoms with E-state index in [4.69, 9.17) is 6.42 Å². The number of nitrogens with one attached hydrogen (secondary N) is 1. The molecule has 0 radical (unpaired) electrons. The Kier molecular flexibility index (Phi) is 4.48. The van der Waals surface area contributed by atoms with Crippen molar-refractivity contribution in [2.75, 3.05) is 5.32 Å². The molecule has 7 heteroatoms. The summed E-state index contributed by atoms with van der Waals surface area (Å²) in [6.45, 7) is 1.85. The fourth-order valence-corrected chi connectivity index (χ4v) is 2.09. The molecule has 1 atom stereocenters. The monoisotopic (exact) mass is 291 g/mol. The van der Waals surface area contributed by atoms with E-state index in [1.54, 1.807) is 0 Å². The molecule has 0 aliphatic carbocycles. The van der Waals surface area contributed by atoms with Crippen LogP contribution in [0.15, 0.2) is 29.2 Å². The highest BCUT2D eigenvalue weighted by Gasteiger charge is 2.46. The lowest BCUT2D eigenvalue weighted by molar-refractivity contribution is -0.0436. The molecular formula is C12H12F3NO2S. The van der Waals surface area contributed by atoms with E-state index in [0.29, 0.717) is 12.1 Å². The van der Waals surface area contributed by atoms with Crippen LogP contribution in [0, 0.1) is 12.3 Å². The lowest BCUT2D eigenvalue weighted by atomic mass is 10.2. The molecule has 1 aromatic rings. The molecule has 104 valence electrons. The van der Waals surface area contributed by atoms with Crippen LogP contribution in [0.4, 0.5) is 18.9 Å². The van der Waals surface area contributed by atoms with E-state index in [9.17, 15) is 21.6 Å². The van der Waals surface area contributed by atoms with Crippen molar-refractivity contribution in [3.05, 3.63) is 24.3 Å². The number of benzene rings is 1. The normalized spacial score (nSPS) is 13.6. The predicted octanol–water partition coefficient (Wildman–Crippen LogP) is 2.80. The highest BCUT2D eigenvalue weighted by Crippen LogP contribution is 2.30. The summed E-state index contributed by atoms with van der Waals surface area (Å²) in [5.74, 6) is 2.46. The number of hydrogen-bond acceptors (Lipinski definition) is 3. The molecule has 0 aromatic heterocycles. The third-order valence-electron chi connectivity index (χ3n) is 2.42. The zero-order chi connectivity index (χ0) is 14.7. The molecule has 3 nitrogen and oxygen atoms in total. The van der Waals surface area contributed by atoms with Crippen LogP contribution < -0.4 is 5.32 Å². The highest BCUT2D eigenvalue weighted by atomic mass is 32.2. The maximum atomic E-state index is 12.3. The summed E-state index contributed by atoms with van der Waals surface area (Å²) in [6.07, 6.45) is 5.87. The van der Waals surface area contributed by atoms with Gasteiger partial charge in [-0.25, -0.2) is 8.42 Å². The van der Waals surface area contributed by atoms with E-state index < -0.39 is 20.2 Å². The molecule has 0 fully saturated rings. The Bertz CT molecular complexity index is 570. The van der Waals surface area contributed by atoms with E-state index in [2.05, 4.69) is 11.2 Å². The van der Waals surface area contributed by atoms with Gasteiger partial charge >= 0.3 is 5.51 Å². The second kappa shape index (κ2) is 5.53. The molecule has 0 saturated heterocycles. The van der Waals surface area contributed by atoms with Crippen molar-refractivity contribution in [2.24, 2.45) is 0 Å². The van der Waals surface area contributed by atoms with Crippen LogP contribution in [0.25, 0.3) is 0 Å². The minimum absolute atomic E-state index is 0.259. The Balaban J connectivity index is 2.99. The van der Waals surface area contributed by atoms with Crippen molar-refractivity contribution < 1.29 is 21.6 Å². The summed E-state index contributed by atoms with van der Waals surface area (Å²) in [5, 5.41) is 2.88. The largest absolute Gasteiger partial charge is 0.501 e. The predicted molar refractivity (Wildman–Crippen MR) is 66.2 cm³/mol. The Morgan fingerprint density at radius 1 is 1.32 bits per heavy atom. The molecule has 0 spiro atoms.